The molecule has 2 rings (SSSR count). The van der Waals surface area contributed by atoms with Crippen LogP contribution in [-0.4, -0.2) is 25.9 Å². The monoisotopic (exact) mass is 224 g/mol. The Morgan fingerprint density at radius 2 is 1.87 bits per heavy atom. The maximum Gasteiger partial charge on any atom is 0.136 e. The average Bonchev–Trinajstić information content (AvgIpc) is 2.43. The van der Waals surface area contributed by atoms with Crippen LogP contribution in [0.15, 0.2) is 18.2 Å². The molecule has 0 atom stereocenters. The van der Waals surface area contributed by atoms with E-state index in [-0.39, 0.29) is 11.0 Å². The minimum atomic E-state index is 0. The highest BCUT2D eigenvalue weighted by atomic mass is 32.1. The standard InChI is InChI=1S/C10H9BOS.2H2O/c1-6-3-7-5-9(11)13-10(7)8(4-6)12-2;;/h3-5H,1-2H3;2*1H2. The summed E-state index contributed by atoms with van der Waals surface area (Å²) in [7, 11) is 7.41. The van der Waals surface area contributed by atoms with Gasteiger partial charge in [-0.2, -0.15) is 0 Å². The third kappa shape index (κ3) is 2.50. The van der Waals surface area contributed by atoms with Crippen LogP contribution in [0, 0.1) is 6.92 Å². The average molecular weight is 224 g/mol. The Kier molecular flexibility index (Phi) is 4.80. The second kappa shape index (κ2) is 5.16. The van der Waals surface area contributed by atoms with Gasteiger partial charge in [-0.1, -0.05) is 12.1 Å². The first-order valence-electron chi connectivity index (χ1n) is 4.04. The van der Waals surface area contributed by atoms with Crippen LogP contribution >= 0.6 is 11.3 Å². The van der Waals surface area contributed by atoms with Crippen molar-refractivity contribution in [3.8, 4) is 5.75 Å². The molecule has 1 aromatic heterocycles. The molecule has 0 aliphatic rings. The number of fused-ring (bicyclic) bond motifs is 1. The van der Waals surface area contributed by atoms with Crippen molar-refractivity contribution < 1.29 is 15.7 Å². The first-order chi connectivity index (χ1) is 6.20. The minimum Gasteiger partial charge on any atom is -0.495 e. The summed E-state index contributed by atoms with van der Waals surface area (Å²) < 4.78 is 7.24. The SMILES string of the molecule is O.O.[B]c1cc2cc(C)cc(OC)c2s1. The molecule has 5 heteroatoms. The molecule has 4 N–H and O–H groups in total. The smallest absolute Gasteiger partial charge is 0.136 e. The zero-order valence-electron chi connectivity index (χ0n) is 8.63. The lowest BCUT2D eigenvalue weighted by Crippen LogP contribution is -1.88. The summed E-state index contributed by atoms with van der Waals surface area (Å²) in [6.07, 6.45) is 0. The van der Waals surface area contributed by atoms with E-state index in [9.17, 15) is 0 Å². The highest BCUT2D eigenvalue weighted by Crippen LogP contribution is 2.30. The van der Waals surface area contributed by atoms with Crippen LogP contribution in [0.2, 0.25) is 0 Å². The highest BCUT2D eigenvalue weighted by molar-refractivity contribution is 7.26. The number of methoxy groups -OCH3 is 1. The van der Waals surface area contributed by atoms with Gasteiger partial charge in [-0.05, 0) is 28.7 Å². The second-order valence-corrected chi connectivity index (χ2v) is 4.12. The summed E-state index contributed by atoms with van der Waals surface area (Å²) in [5.74, 6) is 0.914. The van der Waals surface area contributed by atoms with Gasteiger partial charge in [0.2, 0.25) is 0 Å². The molecule has 0 saturated heterocycles. The van der Waals surface area contributed by atoms with Gasteiger partial charge >= 0.3 is 0 Å². The Morgan fingerprint density at radius 1 is 1.20 bits per heavy atom. The van der Waals surface area contributed by atoms with Gasteiger partial charge in [0.25, 0.3) is 0 Å². The van der Waals surface area contributed by atoms with Gasteiger partial charge in [-0.3, -0.25) is 0 Å². The third-order valence-electron chi connectivity index (χ3n) is 1.97. The molecule has 0 aliphatic heterocycles. The summed E-state index contributed by atoms with van der Waals surface area (Å²) in [5, 5.41) is 1.17. The van der Waals surface area contributed by atoms with E-state index >= 15 is 0 Å². The van der Waals surface area contributed by atoms with Gasteiger partial charge in [-0.15, -0.1) is 11.3 Å². The van der Waals surface area contributed by atoms with Crippen LogP contribution in [-0.2, 0) is 0 Å². The number of hydrogen-bond donors (Lipinski definition) is 0. The van der Waals surface area contributed by atoms with Crippen LogP contribution in [0.25, 0.3) is 10.1 Å². The molecule has 0 unspecified atom stereocenters. The summed E-state index contributed by atoms with van der Waals surface area (Å²) in [4.78, 5) is 0. The molecule has 1 aromatic carbocycles. The molecule has 0 aliphatic carbocycles. The fourth-order valence-electron chi connectivity index (χ4n) is 1.44. The lowest BCUT2D eigenvalue weighted by Gasteiger charge is -2.02. The van der Waals surface area contributed by atoms with Crippen molar-refractivity contribution in [1.82, 2.24) is 0 Å². The molecule has 80 valence electrons. The number of thiophene rings is 1. The number of rotatable bonds is 1. The van der Waals surface area contributed by atoms with Crippen molar-refractivity contribution in [3.05, 3.63) is 23.8 Å². The molecule has 3 nitrogen and oxygen atoms in total. The van der Waals surface area contributed by atoms with E-state index in [1.165, 1.54) is 10.9 Å². The largest absolute Gasteiger partial charge is 0.495 e. The Labute approximate surface area is 93.7 Å². The van der Waals surface area contributed by atoms with Crippen LogP contribution in [0.1, 0.15) is 5.56 Å². The number of benzene rings is 1. The van der Waals surface area contributed by atoms with Crippen LogP contribution < -0.4 is 9.51 Å². The van der Waals surface area contributed by atoms with Gasteiger partial charge in [0.05, 0.1) is 11.8 Å². The van der Waals surface area contributed by atoms with E-state index < -0.39 is 0 Å². The van der Waals surface area contributed by atoms with Gasteiger partial charge in [0.15, 0.2) is 0 Å². The molecule has 1 heterocycles. The van der Waals surface area contributed by atoms with Gasteiger partial charge < -0.3 is 15.7 Å². The van der Waals surface area contributed by atoms with Crippen molar-refractivity contribution in [2.75, 3.05) is 7.11 Å². The summed E-state index contributed by atoms with van der Waals surface area (Å²) in [6, 6.07) is 6.12. The van der Waals surface area contributed by atoms with E-state index in [0.29, 0.717) is 0 Å². The summed E-state index contributed by atoms with van der Waals surface area (Å²) >= 11 is 1.56. The Hall–Kier alpha value is -1.04. The zero-order chi connectivity index (χ0) is 9.42. The van der Waals surface area contributed by atoms with Crippen molar-refractivity contribution >= 4 is 34.0 Å². The molecule has 0 saturated carbocycles. The first kappa shape index (κ1) is 14.0. The van der Waals surface area contributed by atoms with Crippen molar-refractivity contribution in [3.63, 3.8) is 0 Å². The molecule has 0 bridgehead atoms. The zero-order valence-corrected chi connectivity index (χ0v) is 9.44. The topological polar surface area (TPSA) is 72.2 Å². The molecule has 2 aromatic rings. The van der Waals surface area contributed by atoms with Crippen molar-refractivity contribution in [2.24, 2.45) is 0 Å². The van der Waals surface area contributed by atoms with E-state index in [1.54, 1.807) is 18.4 Å². The molecule has 0 fully saturated rings. The van der Waals surface area contributed by atoms with E-state index in [0.717, 1.165) is 15.2 Å². The van der Waals surface area contributed by atoms with Crippen LogP contribution in [0.3, 0.4) is 0 Å². The van der Waals surface area contributed by atoms with Gasteiger partial charge in [0, 0.05) is 0 Å². The van der Waals surface area contributed by atoms with Crippen LogP contribution in [0.5, 0.6) is 5.75 Å². The summed E-state index contributed by atoms with van der Waals surface area (Å²) in [5.41, 5.74) is 1.20. The van der Waals surface area contributed by atoms with Gasteiger partial charge in [-0.25, -0.2) is 0 Å². The third-order valence-corrected chi connectivity index (χ3v) is 2.96. The Morgan fingerprint density at radius 3 is 2.47 bits per heavy atom. The van der Waals surface area contributed by atoms with E-state index in [4.69, 9.17) is 12.6 Å². The second-order valence-electron chi connectivity index (χ2n) is 3.03. The van der Waals surface area contributed by atoms with Crippen LogP contribution in [0.4, 0.5) is 0 Å². The highest BCUT2D eigenvalue weighted by Gasteiger charge is 2.05. The number of ether oxygens (including phenoxy) is 1. The van der Waals surface area contributed by atoms with Crippen molar-refractivity contribution in [2.45, 2.75) is 6.92 Å². The Bertz CT molecular complexity index is 453. The molecule has 0 amide bonds. The molecule has 15 heavy (non-hydrogen) atoms. The number of hydrogen-bond acceptors (Lipinski definition) is 2. The maximum atomic E-state index is 5.73. The Balaban J connectivity index is 0.000000980. The van der Waals surface area contributed by atoms with Crippen molar-refractivity contribution in [1.29, 1.82) is 0 Å². The predicted octanol–water partition coefficient (Wildman–Crippen LogP) is 0.363. The molecular formula is C10H13BO3S. The molecule has 0 spiro atoms. The predicted molar refractivity (Wildman–Crippen MR) is 65.7 cm³/mol. The lowest BCUT2D eigenvalue weighted by molar-refractivity contribution is 0.420. The fourth-order valence-corrected chi connectivity index (χ4v) is 2.34. The van der Waals surface area contributed by atoms with Gasteiger partial charge in [0.1, 0.15) is 13.6 Å². The quantitative estimate of drug-likeness (QED) is 0.644. The van der Waals surface area contributed by atoms with E-state index in [2.05, 4.69) is 13.0 Å². The lowest BCUT2D eigenvalue weighted by atomic mass is 10.1. The normalized spacial score (nSPS) is 9.20. The molecule has 2 radical (unpaired) electrons. The minimum absolute atomic E-state index is 0. The maximum absolute atomic E-state index is 5.73. The first-order valence-corrected chi connectivity index (χ1v) is 4.86. The molecular weight excluding hydrogens is 211 g/mol. The summed E-state index contributed by atoms with van der Waals surface area (Å²) in [6.45, 7) is 2.05. The fraction of sp³-hybridized carbons (Fsp3) is 0.200. The van der Waals surface area contributed by atoms with E-state index in [1.807, 2.05) is 12.1 Å². The number of aryl methyl sites for hydroxylation is 1.